The lowest BCUT2D eigenvalue weighted by atomic mass is 9.73. The van der Waals surface area contributed by atoms with Gasteiger partial charge in [0.2, 0.25) is 0 Å². The molecule has 2 nitrogen and oxygen atoms in total. The van der Waals surface area contributed by atoms with Crippen LogP contribution in [0.4, 0.5) is 0 Å². The van der Waals surface area contributed by atoms with Crippen LogP contribution in [0.15, 0.2) is 28.7 Å². The Morgan fingerprint density at radius 3 is 2.35 bits per heavy atom. The van der Waals surface area contributed by atoms with E-state index < -0.39 is 0 Å². The molecule has 0 aliphatic heterocycles. The zero-order chi connectivity index (χ0) is 14.8. The van der Waals surface area contributed by atoms with Gasteiger partial charge < -0.3 is 10.1 Å². The van der Waals surface area contributed by atoms with Crippen molar-refractivity contribution in [2.75, 3.05) is 26.8 Å². The van der Waals surface area contributed by atoms with Gasteiger partial charge >= 0.3 is 0 Å². The second-order valence-corrected chi connectivity index (χ2v) is 6.28. The minimum atomic E-state index is 0.220. The molecule has 0 aliphatic carbocycles. The van der Waals surface area contributed by atoms with Gasteiger partial charge in [-0.3, -0.25) is 0 Å². The molecule has 0 unspecified atom stereocenters. The summed E-state index contributed by atoms with van der Waals surface area (Å²) in [7, 11) is 1.75. The Balaban J connectivity index is 2.94. The Morgan fingerprint density at radius 1 is 1.15 bits per heavy atom. The lowest BCUT2D eigenvalue weighted by molar-refractivity contribution is 0.194. The normalized spacial score (nSPS) is 11.8. The van der Waals surface area contributed by atoms with Crippen molar-refractivity contribution < 1.29 is 4.74 Å². The van der Waals surface area contributed by atoms with E-state index in [2.05, 4.69) is 59.4 Å². The van der Waals surface area contributed by atoms with E-state index in [1.807, 2.05) is 0 Å². The maximum Gasteiger partial charge on any atom is 0.0587 e. The fraction of sp³-hybridized carbons (Fsp3) is 0.647. The summed E-state index contributed by atoms with van der Waals surface area (Å²) in [6.07, 6.45) is 4.83. The lowest BCUT2D eigenvalue weighted by Crippen LogP contribution is -2.39. The van der Waals surface area contributed by atoms with E-state index in [-0.39, 0.29) is 5.41 Å². The van der Waals surface area contributed by atoms with Crippen LogP contribution in [0.5, 0.6) is 0 Å². The molecule has 0 heterocycles. The summed E-state index contributed by atoms with van der Waals surface area (Å²) in [6.45, 7) is 7.24. The van der Waals surface area contributed by atoms with Crippen LogP contribution in [-0.2, 0) is 10.2 Å². The van der Waals surface area contributed by atoms with Crippen LogP contribution in [0.1, 0.15) is 45.1 Å². The molecule has 0 saturated carbocycles. The first kappa shape index (κ1) is 17.7. The third-order valence-electron chi connectivity index (χ3n) is 3.85. The van der Waals surface area contributed by atoms with Crippen LogP contribution in [0.3, 0.4) is 0 Å². The van der Waals surface area contributed by atoms with E-state index in [0.717, 1.165) is 19.7 Å². The highest BCUT2D eigenvalue weighted by Gasteiger charge is 2.31. The molecule has 114 valence electrons. The average molecular weight is 342 g/mol. The van der Waals surface area contributed by atoms with Gasteiger partial charge in [-0.05, 0) is 24.5 Å². The topological polar surface area (TPSA) is 21.3 Å². The number of rotatable bonds is 10. The molecule has 0 atom stereocenters. The average Bonchev–Trinajstić information content (AvgIpc) is 2.44. The maximum absolute atomic E-state index is 5.13. The van der Waals surface area contributed by atoms with Crippen molar-refractivity contribution in [3.8, 4) is 0 Å². The van der Waals surface area contributed by atoms with E-state index in [9.17, 15) is 0 Å². The molecular weight excluding hydrogens is 314 g/mol. The number of ether oxygens (including phenoxy) is 1. The smallest absolute Gasteiger partial charge is 0.0587 e. The van der Waals surface area contributed by atoms with E-state index >= 15 is 0 Å². The molecule has 0 aliphatic rings. The molecule has 1 N–H and O–H groups in total. The summed E-state index contributed by atoms with van der Waals surface area (Å²) in [5.74, 6) is 0. The molecule has 0 spiro atoms. The summed E-state index contributed by atoms with van der Waals surface area (Å²) >= 11 is 3.74. The van der Waals surface area contributed by atoms with Gasteiger partial charge in [-0.15, -0.1) is 0 Å². The van der Waals surface area contributed by atoms with Crippen molar-refractivity contribution in [1.29, 1.82) is 0 Å². The quantitative estimate of drug-likeness (QED) is 0.631. The predicted molar refractivity (Wildman–Crippen MR) is 90.4 cm³/mol. The van der Waals surface area contributed by atoms with Gasteiger partial charge in [0.05, 0.1) is 6.61 Å². The maximum atomic E-state index is 5.13. The van der Waals surface area contributed by atoms with Crippen molar-refractivity contribution in [3.63, 3.8) is 0 Å². The number of halogens is 1. The SMILES string of the molecule is CCCC(CCC)(CNCCOC)c1ccccc1Br. The Hall–Kier alpha value is -0.380. The van der Waals surface area contributed by atoms with Gasteiger partial charge in [0.1, 0.15) is 0 Å². The second kappa shape index (κ2) is 9.54. The Labute approximate surface area is 132 Å². The summed E-state index contributed by atoms with van der Waals surface area (Å²) < 4.78 is 6.37. The van der Waals surface area contributed by atoms with Crippen LogP contribution in [0, 0.1) is 0 Å². The molecular formula is C17H28BrNO. The van der Waals surface area contributed by atoms with E-state index in [0.29, 0.717) is 0 Å². The van der Waals surface area contributed by atoms with Gasteiger partial charge in [-0.2, -0.15) is 0 Å². The lowest BCUT2D eigenvalue weighted by Gasteiger charge is -2.35. The molecule has 1 rings (SSSR count). The summed E-state index contributed by atoms with van der Waals surface area (Å²) in [5.41, 5.74) is 1.66. The van der Waals surface area contributed by atoms with Crippen molar-refractivity contribution in [2.24, 2.45) is 0 Å². The van der Waals surface area contributed by atoms with E-state index in [4.69, 9.17) is 4.74 Å². The van der Waals surface area contributed by atoms with Crippen LogP contribution in [0.2, 0.25) is 0 Å². The van der Waals surface area contributed by atoms with Crippen molar-refractivity contribution in [1.82, 2.24) is 5.32 Å². The minimum absolute atomic E-state index is 0.220. The Kier molecular flexibility index (Phi) is 8.43. The zero-order valence-electron chi connectivity index (χ0n) is 13.0. The fourth-order valence-electron chi connectivity index (χ4n) is 3.02. The number of benzene rings is 1. The third kappa shape index (κ3) is 4.87. The summed E-state index contributed by atoms with van der Waals surface area (Å²) in [5, 5.41) is 3.58. The standard InChI is InChI=1S/C17H28BrNO/c1-4-10-17(11-5-2,14-19-12-13-20-3)15-8-6-7-9-16(15)18/h6-9,19H,4-5,10-14H2,1-3H3. The third-order valence-corrected chi connectivity index (χ3v) is 4.54. The molecule has 20 heavy (non-hydrogen) atoms. The monoisotopic (exact) mass is 341 g/mol. The Bertz CT molecular complexity index is 375. The van der Waals surface area contributed by atoms with Crippen LogP contribution in [0.25, 0.3) is 0 Å². The number of nitrogens with one attached hydrogen (secondary N) is 1. The Morgan fingerprint density at radius 2 is 1.80 bits per heavy atom. The minimum Gasteiger partial charge on any atom is -0.383 e. The summed E-state index contributed by atoms with van der Waals surface area (Å²) in [6, 6.07) is 8.67. The number of methoxy groups -OCH3 is 1. The predicted octanol–water partition coefficient (Wildman–Crippen LogP) is 4.52. The van der Waals surface area contributed by atoms with Gasteiger partial charge in [-0.1, -0.05) is 60.8 Å². The zero-order valence-corrected chi connectivity index (χ0v) is 14.6. The summed E-state index contributed by atoms with van der Waals surface area (Å²) in [4.78, 5) is 0. The van der Waals surface area contributed by atoms with Gasteiger partial charge in [0, 0.05) is 30.1 Å². The first-order valence-electron chi connectivity index (χ1n) is 7.65. The first-order chi connectivity index (χ1) is 9.70. The molecule has 0 aromatic heterocycles. The van der Waals surface area contributed by atoms with Crippen LogP contribution in [-0.4, -0.2) is 26.8 Å². The van der Waals surface area contributed by atoms with Gasteiger partial charge in [0.15, 0.2) is 0 Å². The van der Waals surface area contributed by atoms with E-state index in [1.54, 1.807) is 7.11 Å². The van der Waals surface area contributed by atoms with Crippen molar-refractivity contribution in [3.05, 3.63) is 34.3 Å². The van der Waals surface area contributed by atoms with Gasteiger partial charge in [-0.25, -0.2) is 0 Å². The molecule has 0 amide bonds. The highest BCUT2D eigenvalue weighted by Crippen LogP contribution is 2.38. The first-order valence-corrected chi connectivity index (χ1v) is 8.44. The highest BCUT2D eigenvalue weighted by atomic mass is 79.9. The molecule has 1 aromatic carbocycles. The largest absolute Gasteiger partial charge is 0.383 e. The molecule has 0 fully saturated rings. The highest BCUT2D eigenvalue weighted by molar-refractivity contribution is 9.10. The van der Waals surface area contributed by atoms with Crippen molar-refractivity contribution in [2.45, 2.75) is 44.9 Å². The van der Waals surface area contributed by atoms with Crippen molar-refractivity contribution >= 4 is 15.9 Å². The fourth-order valence-corrected chi connectivity index (χ4v) is 3.72. The molecule has 0 radical (unpaired) electrons. The van der Waals surface area contributed by atoms with Crippen LogP contribution >= 0.6 is 15.9 Å². The number of hydrogen-bond donors (Lipinski definition) is 1. The van der Waals surface area contributed by atoms with Gasteiger partial charge in [0.25, 0.3) is 0 Å². The molecule has 0 bridgehead atoms. The molecule has 0 saturated heterocycles. The molecule has 3 heteroatoms. The van der Waals surface area contributed by atoms with E-state index in [1.165, 1.54) is 35.7 Å². The number of hydrogen-bond acceptors (Lipinski definition) is 2. The van der Waals surface area contributed by atoms with Crippen LogP contribution < -0.4 is 5.32 Å². The molecule has 1 aromatic rings. The second-order valence-electron chi connectivity index (χ2n) is 5.43.